The normalized spacial score (nSPS) is 27.2. The van der Waals surface area contributed by atoms with Gasteiger partial charge in [0.2, 0.25) is 6.79 Å². The number of rotatable bonds is 2. The first kappa shape index (κ1) is 11.8. The van der Waals surface area contributed by atoms with E-state index in [1.54, 1.807) is 19.1 Å². The van der Waals surface area contributed by atoms with Crippen molar-refractivity contribution in [3.63, 3.8) is 0 Å². The molecule has 0 radical (unpaired) electrons. The number of carbonyl (C=O) groups is 1. The second kappa shape index (κ2) is 4.15. The van der Waals surface area contributed by atoms with Crippen LogP contribution in [-0.2, 0) is 14.3 Å². The van der Waals surface area contributed by atoms with Crippen LogP contribution in [0.25, 0.3) is 0 Å². The van der Waals surface area contributed by atoms with Gasteiger partial charge in [0.15, 0.2) is 29.5 Å². The van der Waals surface area contributed by atoms with Crippen LogP contribution in [0.4, 0.5) is 0 Å². The van der Waals surface area contributed by atoms with Gasteiger partial charge in [0.1, 0.15) is 0 Å². The molecule has 19 heavy (non-hydrogen) atoms. The Labute approximate surface area is 109 Å². The molecule has 0 bridgehead atoms. The first-order chi connectivity index (χ1) is 9.15. The van der Waals surface area contributed by atoms with Crippen molar-refractivity contribution < 1.29 is 23.7 Å². The van der Waals surface area contributed by atoms with Crippen molar-refractivity contribution in [1.82, 2.24) is 0 Å². The Bertz CT molecular complexity index is 556. The number of aliphatic imine (C=N–C) groups is 1. The standard InChI is InChI=1S/C13H13NO5/c1-13(12(15)16-2)11(17-6-14-13)8-3-4-9-10(5-8)19-7-18-9/h3-6,11H,7H2,1-2H3/t11-,13-/m0/s1. The van der Waals surface area contributed by atoms with Crippen LogP contribution < -0.4 is 9.47 Å². The Balaban J connectivity index is 1.96. The van der Waals surface area contributed by atoms with Crippen molar-refractivity contribution in [1.29, 1.82) is 0 Å². The molecule has 0 saturated heterocycles. The van der Waals surface area contributed by atoms with Crippen molar-refractivity contribution in [2.75, 3.05) is 13.9 Å². The smallest absolute Gasteiger partial charge is 0.337 e. The molecule has 3 rings (SSSR count). The number of nitrogens with zero attached hydrogens (tertiary/aromatic N) is 1. The van der Waals surface area contributed by atoms with Crippen LogP contribution in [0.15, 0.2) is 23.2 Å². The van der Waals surface area contributed by atoms with E-state index in [1.807, 2.05) is 6.07 Å². The molecule has 6 heteroatoms. The van der Waals surface area contributed by atoms with Crippen LogP contribution in [0.1, 0.15) is 18.6 Å². The lowest BCUT2D eigenvalue weighted by atomic mass is 9.90. The zero-order chi connectivity index (χ0) is 13.5. The van der Waals surface area contributed by atoms with Crippen LogP contribution in [0.3, 0.4) is 0 Å². The maximum absolute atomic E-state index is 11.9. The molecule has 2 aliphatic rings. The molecule has 0 spiro atoms. The molecule has 0 aliphatic carbocycles. The van der Waals surface area contributed by atoms with Gasteiger partial charge in [-0.2, -0.15) is 0 Å². The summed E-state index contributed by atoms with van der Waals surface area (Å²) in [6, 6.07) is 5.41. The molecule has 0 N–H and O–H groups in total. The highest BCUT2D eigenvalue weighted by Gasteiger charge is 2.48. The van der Waals surface area contributed by atoms with Gasteiger partial charge in [-0.05, 0) is 24.6 Å². The summed E-state index contributed by atoms with van der Waals surface area (Å²) in [5.41, 5.74) is -0.294. The number of hydrogen-bond donors (Lipinski definition) is 0. The lowest BCUT2D eigenvalue weighted by Crippen LogP contribution is -2.38. The van der Waals surface area contributed by atoms with Crippen LogP contribution in [0.2, 0.25) is 0 Å². The number of carbonyl (C=O) groups excluding carboxylic acids is 1. The number of hydrogen-bond acceptors (Lipinski definition) is 6. The molecule has 100 valence electrons. The fourth-order valence-corrected chi connectivity index (χ4v) is 2.25. The van der Waals surface area contributed by atoms with E-state index in [9.17, 15) is 4.79 Å². The first-order valence-electron chi connectivity index (χ1n) is 5.82. The van der Waals surface area contributed by atoms with Crippen molar-refractivity contribution in [3.05, 3.63) is 23.8 Å². The fraction of sp³-hybridized carbons (Fsp3) is 0.385. The van der Waals surface area contributed by atoms with Crippen molar-refractivity contribution in [2.45, 2.75) is 18.6 Å². The number of fused-ring (bicyclic) bond motifs is 1. The monoisotopic (exact) mass is 263 g/mol. The summed E-state index contributed by atoms with van der Waals surface area (Å²) >= 11 is 0. The second-order valence-corrected chi connectivity index (χ2v) is 4.50. The minimum absolute atomic E-state index is 0.203. The highest BCUT2D eigenvalue weighted by atomic mass is 16.7. The number of esters is 1. The van der Waals surface area contributed by atoms with E-state index in [0.717, 1.165) is 5.56 Å². The lowest BCUT2D eigenvalue weighted by Gasteiger charge is -2.25. The Morgan fingerprint density at radius 2 is 2.21 bits per heavy atom. The molecule has 2 heterocycles. The Morgan fingerprint density at radius 3 is 3.00 bits per heavy atom. The van der Waals surface area contributed by atoms with E-state index in [2.05, 4.69) is 4.99 Å². The van der Waals surface area contributed by atoms with E-state index >= 15 is 0 Å². The van der Waals surface area contributed by atoms with E-state index in [4.69, 9.17) is 18.9 Å². The Hall–Kier alpha value is -2.24. The Kier molecular flexibility index (Phi) is 2.58. The zero-order valence-corrected chi connectivity index (χ0v) is 10.6. The molecule has 6 nitrogen and oxygen atoms in total. The number of benzene rings is 1. The quantitative estimate of drug-likeness (QED) is 0.755. The van der Waals surface area contributed by atoms with Crippen molar-refractivity contribution in [2.24, 2.45) is 4.99 Å². The summed E-state index contributed by atoms with van der Waals surface area (Å²) in [7, 11) is 1.33. The van der Waals surface area contributed by atoms with Gasteiger partial charge in [-0.1, -0.05) is 6.07 Å². The average Bonchev–Trinajstić information content (AvgIpc) is 3.03. The van der Waals surface area contributed by atoms with E-state index in [0.29, 0.717) is 11.5 Å². The molecule has 0 saturated carbocycles. The molecule has 0 unspecified atom stereocenters. The zero-order valence-electron chi connectivity index (χ0n) is 10.6. The SMILES string of the molecule is COC(=O)[C@@]1(C)N=CO[C@H]1c1ccc2c(c1)OCO2. The largest absolute Gasteiger partial charge is 0.472 e. The van der Waals surface area contributed by atoms with Gasteiger partial charge >= 0.3 is 5.97 Å². The highest BCUT2D eigenvalue weighted by Crippen LogP contribution is 2.41. The van der Waals surface area contributed by atoms with Crippen molar-refractivity contribution >= 4 is 12.4 Å². The van der Waals surface area contributed by atoms with Gasteiger partial charge in [-0.25, -0.2) is 9.79 Å². The third kappa shape index (κ3) is 1.71. The molecule has 1 aromatic rings. The molecular weight excluding hydrogens is 250 g/mol. The van der Waals surface area contributed by atoms with Crippen molar-refractivity contribution in [3.8, 4) is 11.5 Å². The third-order valence-corrected chi connectivity index (χ3v) is 3.33. The van der Waals surface area contributed by atoms with E-state index < -0.39 is 17.6 Å². The molecule has 1 aromatic carbocycles. The predicted molar refractivity (Wildman–Crippen MR) is 65.3 cm³/mol. The van der Waals surface area contributed by atoms with E-state index in [-0.39, 0.29) is 6.79 Å². The van der Waals surface area contributed by atoms with Crippen LogP contribution in [-0.4, -0.2) is 31.8 Å². The number of ether oxygens (including phenoxy) is 4. The molecule has 0 amide bonds. The summed E-state index contributed by atoms with van der Waals surface area (Å²) in [5.74, 6) is 0.881. The topological polar surface area (TPSA) is 66.4 Å². The maximum atomic E-state index is 11.9. The maximum Gasteiger partial charge on any atom is 0.337 e. The van der Waals surface area contributed by atoms with Crippen LogP contribution in [0, 0.1) is 0 Å². The third-order valence-electron chi connectivity index (χ3n) is 3.33. The van der Waals surface area contributed by atoms with Gasteiger partial charge in [0.05, 0.1) is 7.11 Å². The summed E-state index contributed by atoms with van der Waals surface area (Å²) in [6.45, 7) is 1.88. The predicted octanol–water partition coefficient (Wildman–Crippen LogP) is 1.45. The minimum Gasteiger partial charge on any atom is -0.472 e. The Morgan fingerprint density at radius 1 is 1.42 bits per heavy atom. The van der Waals surface area contributed by atoms with Gasteiger partial charge < -0.3 is 18.9 Å². The summed E-state index contributed by atoms with van der Waals surface area (Å²) in [5, 5.41) is 0. The molecular formula is C13H13NO5. The second-order valence-electron chi connectivity index (χ2n) is 4.50. The van der Waals surface area contributed by atoms with E-state index in [1.165, 1.54) is 13.5 Å². The van der Waals surface area contributed by atoms with Gasteiger partial charge in [0.25, 0.3) is 0 Å². The van der Waals surface area contributed by atoms with Crippen LogP contribution >= 0.6 is 0 Å². The summed E-state index contributed by atoms with van der Waals surface area (Å²) in [6.07, 6.45) is 0.751. The molecule has 2 aliphatic heterocycles. The fourth-order valence-electron chi connectivity index (χ4n) is 2.25. The van der Waals surface area contributed by atoms with Crippen LogP contribution in [0.5, 0.6) is 11.5 Å². The minimum atomic E-state index is -1.08. The highest BCUT2D eigenvalue weighted by molar-refractivity contribution is 5.84. The summed E-state index contributed by atoms with van der Waals surface area (Å²) in [4.78, 5) is 16.0. The molecule has 0 fully saturated rings. The van der Waals surface area contributed by atoms with Gasteiger partial charge in [0, 0.05) is 0 Å². The summed E-state index contributed by atoms with van der Waals surface area (Å²) < 4.78 is 20.8. The number of methoxy groups -OCH3 is 1. The molecule has 0 aromatic heterocycles. The first-order valence-corrected chi connectivity index (χ1v) is 5.82. The average molecular weight is 263 g/mol. The van der Waals surface area contributed by atoms with Gasteiger partial charge in [-0.15, -0.1) is 0 Å². The molecule has 2 atom stereocenters. The van der Waals surface area contributed by atoms with Gasteiger partial charge in [-0.3, -0.25) is 0 Å². The lowest BCUT2D eigenvalue weighted by molar-refractivity contribution is -0.149.